The van der Waals surface area contributed by atoms with Crippen molar-refractivity contribution in [2.75, 3.05) is 0 Å². The first kappa shape index (κ1) is 18.5. The number of para-hydroxylation sites is 1. The molecule has 3 N–H and O–H groups in total. The topological polar surface area (TPSA) is 95.6 Å². The molecule has 1 aromatic heterocycles. The molecule has 0 aliphatic carbocycles. The molecule has 0 saturated carbocycles. The van der Waals surface area contributed by atoms with Crippen LogP contribution in [-0.4, -0.2) is 24.9 Å². The third-order valence-electron chi connectivity index (χ3n) is 4.89. The van der Waals surface area contributed by atoms with Gasteiger partial charge in [-0.05, 0) is 17.7 Å². The van der Waals surface area contributed by atoms with Gasteiger partial charge in [-0.2, -0.15) is 0 Å². The van der Waals surface area contributed by atoms with E-state index < -0.39 is 34.5 Å². The molecule has 4 rings (SSSR count). The average Bonchev–Trinajstić information content (AvgIpc) is 2.72. The predicted molar refractivity (Wildman–Crippen MR) is 106 cm³/mol. The van der Waals surface area contributed by atoms with Crippen LogP contribution in [0.3, 0.4) is 0 Å². The Balaban J connectivity index is 2.14. The van der Waals surface area contributed by atoms with E-state index >= 15 is 0 Å². The summed E-state index contributed by atoms with van der Waals surface area (Å²) in [7, 11) is 0. The summed E-state index contributed by atoms with van der Waals surface area (Å²) in [6, 6.07) is 16.1. The van der Waals surface area contributed by atoms with E-state index in [1.54, 1.807) is 6.07 Å². The number of aromatic nitrogens is 2. The molecule has 0 saturated heterocycles. The molecule has 29 heavy (non-hydrogen) atoms. The summed E-state index contributed by atoms with van der Waals surface area (Å²) in [5, 5.41) is 29.6. The minimum Gasteiger partial charge on any atom is -0.504 e. The number of phenolic OH excluding ortho intramolecular Hbond substituents is 3. The maximum absolute atomic E-state index is 14.6. The molecule has 0 amide bonds. The van der Waals surface area contributed by atoms with Crippen LogP contribution in [0.25, 0.3) is 16.6 Å². The number of halogens is 1. The summed E-state index contributed by atoms with van der Waals surface area (Å²) in [6.45, 7) is 1.82. The van der Waals surface area contributed by atoms with Crippen molar-refractivity contribution in [1.29, 1.82) is 0 Å². The second-order valence-electron chi connectivity index (χ2n) is 6.68. The summed E-state index contributed by atoms with van der Waals surface area (Å²) >= 11 is 0. The van der Waals surface area contributed by atoms with Gasteiger partial charge in [0, 0.05) is 12.0 Å². The smallest absolute Gasteiger partial charge is 0.270 e. The monoisotopic (exact) mass is 392 g/mol. The Hall–Kier alpha value is -3.87. The lowest BCUT2D eigenvalue weighted by Gasteiger charge is -2.20. The Morgan fingerprint density at radius 3 is 2.31 bits per heavy atom. The maximum Gasteiger partial charge on any atom is 0.270 e. The predicted octanol–water partition coefficient (Wildman–Crippen LogP) is 3.79. The molecule has 146 valence electrons. The molecule has 0 aliphatic heterocycles. The van der Waals surface area contributed by atoms with E-state index in [0.29, 0.717) is 0 Å². The molecule has 6 nitrogen and oxygen atoms in total. The van der Waals surface area contributed by atoms with Gasteiger partial charge < -0.3 is 15.3 Å². The number of rotatable bonds is 3. The van der Waals surface area contributed by atoms with E-state index in [4.69, 9.17) is 0 Å². The molecule has 0 bridgehead atoms. The fraction of sp³-hybridized carbons (Fsp3) is 0.0909. The summed E-state index contributed by atoms with van der Waals surface area (Å²) in [5.41, 5.74) is 0.0477. The van der Waals surface area contributed by atoms with Gasteiger partial charge in [0.1, 0.15) is 17.0 Å². The highest BCUT2D eigenvalue weighted by atomic mass is 19.1. The number of phenols is 3. The van der Waals surface area contributed by atoms with Gasteiger partial charge in [0.05, 0.1) is 11.2 Å². The zero-order valence-corrected chi connectivity index (χ0v) is 15.4. The molecule has 3 aromatic carbocycles. The molecule has 7 heteroatoms. The van der Waals surface area contributed by atoms with E-state index in [1.807, 2.05) is 37.3 Å². The van der Waals surface area contributed by atoms with Crippen LogP contribution in [-0.2, 0) is 0 Å². The molecule has 0 aliphatic rings. The number of hydrogen-bond donors (Lipinski definition) is 3. The van der Waals surface area contributed by atoms with Crippen molar-refractivity contribution in [3.05, 3.63) is 88.2 Å². The van der Waals surface area contributed by atoms with Gasteiger partial charge in [-0.15, -0.1) is 0 Å². The summed E-state index contributed by atoms with van der Waals surface area (Å²) < 4.78 is 15.7. The van der Waals surface area contributed by atoms with Crippen LogP contribution in [0.5, 0.6) is 17.2 Å². The number of benzene rings is 3. The van der Waals surface area contributed by atoms with Gasteiger partial charge in [-0.1, -0.05) is 49.4 Å². The zero-order valence-electron chi connectivity index (χ0n) is 15.4. The lowest BCUT2D eigenvalue weighted by molar-refractivity contribution is 0.371. The van der Waals surface area contributed by atoms with Crippen LogP contribution in [0.15, 0.2) is 65.5 Å². The first-order valence-corrected chi connectivity index (χ1v) is 8.90. The Bertz CT molecular complexity index is 1290. The SMILES string of the molecule is CC(c1ccccc1)c1nc2cc(O)c(O)c(O)c2c(=O)n1-c1ccccc1F. The van der Waals surface area contributed by atoms with Crippen molar-refractivity contribution >= 4 is 10.9 Å². The fourth-order valence-electron chi connectivity index (χ4n) is 3.37. The van der Waals surface area contributed by atoms with Crippen LogP contribution in [0.1, 0.15) is 24.2 Å². The number of fused-ring (bicyclic) bond motifs is 1. The highest BCUT2D eigenvalue weighted by Gasteiger charge is 2.24. The minimum absolute atomic E-state index is 0.00632. The Morgan fingerprint density at radius 2 is 1.62 bits per heavy atom. The van der Waals surface area contributed by atoms with Gasteiger partial charge in [0.15, 0.2) is 11.5 Å². The first-order valence-electron chi connectivity index (χ1n) is 8.90. The molecule has 0 fully saturated rings. The Morgan fingerprint density at radius 1 is 0.966 bits per heavy atom. The second-order valence-corrected chi connectivity index (χ2v) is 6.68. The van der Waals surface area contributed by atoms with Gasteiger partial charge in [0.2, 0.25) is 5.75 Å². The van der Waals surface area contributed by atoms with Crippen LogP contribution in [0, 0.1) is 5.82 Å². The van der Waals surface area contributed by atoms with Gasteiger partial charge >= 0.3 is 0 Å². The fourth-order valence-corrected chi connectivity index (χ4v) is 3.37. The Kier molecular flexibility index (Phi) is 4.43. The third-order valence-corrected chi connectivity index (χ3v) is 4.89. The zero-order chi connectivity index (χ0) is 20.7. The minimum atomic E-state index is -0.833. The van der Waals surface area contributed by atoms with Crippen LogP contribution in [0.2, 0.25) is 0 Å². The van der Waals surface area contributed by atoms with Crippen LogP contribution >= 0.6 is 0 Å². The lowest BCUT2D eigenvalue weighted by atomic mass is 9.99. The summed E-state index contributed by atoms with van der Waals surface area (Å²) in [6.07, 6.45) is 0. The van der Waals surface area contributed by atoms with Crippen molar-refractivity contribution in [2.45, 2.75) is 12.8 Å². The first-order chi connectivity index (χ1) is 13.9. The second kappa shape index (κ2) is 6.94. The van der Waals surface area contributed by atoms with Crippen molar-refractivity contribution in [3.8, 4) is 22.9 Å². The number of nitrogens with zero attached hydrogens (tertiary/aromatic N) is 2. The molecule has 0 spiro atoms. The normalized spacial score (nSPS) is 12.2. The van der Waals surface area contributed by atoms with Crippen LogP contribution in [0.4, 0.5) is 4.39 Å². The van der Waals surface area contributed by atoms with Crippen molar-refractivity contribution in [2.24, 2.45) is 0 Å². The Labute approximate surface area is 164 Å². The molecular formula is C22H17FN2O4. The molecular weight excluding hydrogens is 375 g/mol. The maximum atomic E-state index is 14.6. The third kappa shape index (κ3) is 2.97. The number of aromatic hydroxyl groups is 3. The highest BCUT2D eigenvalue weighted by Crippen LogP contribution is 2.39. The van der Waals surface area contributed by atoms with Gasteiger partial charge in [-0.25, -0.2) is 9.37 Å². The standard InChI is InChI=1S/C22H17FN2O4/c1-12(13-7-3-2-4-8-13)21-24-15-11-17(26)19(27)20(28)18(15)22(29)25(21)16-10-6-5-9-14(16)23/h2-12,26-28H,1H3. The van der Waals surface area contributed by atoms with E-state index in [-0.39, 0.29) is 22.4 Å². The molecule has 1 heterocycles. The largest absolute Gasteiger partial charge is 0.504 e. The number of hydrogen-bond acceptors (Lipinski definition) is 5. The highest BCUT2D eigenvalue weighted by molar-refractivity contribution is 5.89. The molecule has 0 radical (unpaired) electrons. The van der Waals surface area contributed by atoms with E-state index in [2.05, 4.69) is 4.98 Å². The summed E-state index contributed by atoms with van der Waals surface area (Å²) in [5.74, 6) is -3.07. The van der Waals surface area contributed by atoms with Crippen LogP contribution < -0.4 is 5.56 Å². The van der Waals surface area contributed by atoms with Gasteiger partial charge in [0.25, 0.3) is 5.56 Å². The van der Waals surface area contributed by atoms with E-state index in [9.17, 15) is 24.5 Å². The summed E-state index contributed by atoms with van der Waals surface area (Å²) in [4.78, 5) is 17.8. The van der Waals surface area contributed by atoms with E-state index in [1.165, 1.54) is 18.2 Å². The van der Waals surface area contributed by atoms with Crippen molar-refractivity contribution in [1.82, 2.24) is 9.55 Å². The van der Waals surface area contributed by atoms with E-state index in [0.717, 1.165) is 16.2 Å². The van der Waals surface area contributed by atoms with Crippen molar-refractivity contribution in [3.63, 3.8) is 0 Å². The molecule has 1 unspecified atom stereocenters. The molecule has 4 aromatic rings. The average molecular weight is 392 g/mol. The van der Waals surface area contributed by atoms with Gasteiger partial charge in [-0.3, -0.25) is 9.36 Å². The quantitative estimate of drug-likeness (QED) is 0.461. The van der Waals surface area contributed by atoms with Crippen molar-refractivity contribution < 1.29 is 19.7 Å². The lowest BCUT2D eigenvalue weighted by Crippen LogP contribution is -2.26. The molecule has 1 atom stereocenters.